The lowest BCUT2D eigenvalue weighted by Crippen LogP contribution is -2.60. The second kappa shape index (κ2) is 6.39. The predicted octanol–water partition coefficient (Wildman–Crippen LogP) is 1.81. The van der Waals surface area contributed by atoms with Gasteiger partial charge < -0.3 is 15.5 Å². The average molecular weight is 361 g/mol. The summed E-state index contributed by atoms with van der Waals surface area (Å²) >= 11 is 0. The van der Waals surface area contributed by atoms with Crippen molar-refractivity contribution in [3.05, 3.63) is 71.8 Å². The van der Waals surface area contributed by atoms with E-state index in [1.165, 1.54) is 6.08 Å². The number of carbonyl (C=O) groups excluding carboxylic acids is 3. The van der Waals surface area contributed by atoms with Crippen molar-refractivity contribution in [2.75, 3.05) is 13.1 Å². The Morgan fingerprint density at radius 1 is 1.07 bits per heavy atom. The molecule has 0 saturated carbocycles. The van der Waals surface area contributed by atoms with Gasteiger partial charge in [-0.1, -0.05) is 30.8 Å². The van der Waals surface area contributed by atoms with E-state index in [1.54, 1.807) is 17.0 Å². The van der Waals surface area contributed by atoms with E-state index >= 15 is 0 Å². The van der Waals surface area contributed by atoms with E-state index < -0.39 is 5.91 Å². The summed E-state index contributed by atoms with van der Waals surface area (Å²) in [5.74, 6) is -0.570. The van der Waals surface area contributed by atoms with Crippen LogP contribution in [0.4, 0.5) is 0 Å². The molecule has 0 bridgehead atoms. The van der Waals surface area contributed by atoms with Crippen LogP contribution in [0.2, 0.25) is 0 Å². The maximum absolute atomic E-state index is 12.8. The summed E-state index contributed by atoms with van der Waals surface area (Å²) in [6, 6.07) is 12.9. The van der Waals surface area contributed by atoms with Crippen molar-refractivity contribution in [1.29, 1.82) is 0 Å². The first-order chi connectivity index (χ1) is 13.0. The van der Waals surface area contributed by atoms with Gasteiger partial charge >= 0.3 is 0 Å². The van der Waals surface area contributed by atoms with Crippen molar-refractivity contribution in [3.8, 4) is 11.1 Å². The zero-order chi connectivity index (χ0) is 19.1. The Kier molecular flexibility index (Phi) is 4.03. The van der Waals surface area contributed by atoms with Crippen LogP contribution in [0.1, 0.15) is 26.3 Å². The normalized spacial score (nSPS) is 16.1. The summed E-state index contributed by atoms with van der Waals surface area (Å²) < 4.78 is 0. The van der Waals surface area contributed by atoms with Crippen LogP contribution in [0, 0.1) is 0 Å². The Morgan fingerprint density at radius 3 is 2.37 bits per heavy atom. The summed E-state index contributed by atoms with van der Waals surface area (Å²) in [4.78, 5) is 39.2. The molecule has 2 aliphatic heterocycles. The molecule has 0 atom stereocenters. The van der Waals surface area contributed by atoms with Gasteiger partial charge in [0.05, 0.1) is 6.04 Å². The molecule has 1 fully saturated rings. The van der Waals surface area contributed by atoms with Crippen LogP contribution < -0.4 is 5.73 Å². The Hall–Kier alpha value is -3.41. The van der Waals surface area contributed by atoms with E-state index in [0.717, 1.165) is 16.7 Å². The van der Waals surface area contributed by atoms with Gasteiger partial charge in [0.15, 0.2) is 0 Å². The van der Waals surface area contributed by atoms with E-state index in [-0.39, 0.29) is 17.9 Å². The number of nitrogens with zero attached hydrogens (tertiary/aromatic N) is 2. The molecule has 1 saturated heterocycles. The number of fused-ring (bicyclic) bond motifs is 1. The van der Waals surface area contributed by atoms with Crippen LogP contribution >= 0.6 is 0 Å². The van der Waals surface area contributed by atoms with Gasteiger partial charge in [0.2, 0.25) is 11.8 Å². The third-order valence-electron chi connectivity index (χ3n) is 5.23. The van der Waals surface area contributed by atoms with Crippen LogP contribution in [0.25, 0.3) is 11.1 Å². The fourth-order valence-corrected chi connectivity index (χ4v) is 3.59. The van der Waals surface area contributed by atoms with Gasteiger partial charge in [0, 0.05) is 30.8 Å². The van der Waals surface area contributed by atoms with E-state index in [1.807, 2.05) is 35.2 Å². The fraction of sp³-hybridized carbons (Fsp3) is 0.190. The molecule has 6 nitrogen and oxygen atoms in total. The molecule has 136 valence electrons. The smallest absolute Gasteiger partial charge is 0.254 e. The largest absolute Gasteiger partial charge is 0.366 e. The third-order valence-corrected chi connectivity index (χ3v) is 5.23. The molecule has 27 heavy (non-hydrogen) atoms. The van der Waals surface area contributed by atoms with Crippen molar-refractivity contribution >= 4 is 17.7 Å². The molecule has 6 heteroatoms. The zero-order valence-corrected chi connectivity index (χ0v) is 14.7. The first kappa shape index (κ1) is 17.0. The number of benzene rings is 2. The molecule has 3 amide bonds. The van der Waals surface area contributed by atoms with Crippen LogP contribution in [0.3, 0.4) is 0 Å². The maximum Gasteiger partial charge on any atom is 0.254 e. The summed E-state index contributed by atoms with van der Waals surface area (Å²) in [5.41, 5.74) is 9.24. The van der Waals surface area contributed by atoms with Gasteiger partial charge in [0.25, 0.3) is 5.91 Å². The van der Waals surface area contributed by atoms with Crippen LogP contribution in [-0.4, -0.2) is 46.7 Å². The first-order valence-corrected chi connectivity index (χ1v) is 8.73. The Morgan fingerprint density at radius 2 is 1.74 bits per heavy atom. The molecule has 0 spiro atoms. The highest BCUT2D eigenvalue weighted by Gasteiger charge is 2.40. The standard InChI is InChI=1S/C21H19N3O3/c1-2-19(25)23-11-17(12-23)24-10-16-8-7-15(9-18(16)21(24)27)13-3-5-14(6-4-13)20(22)26/h2-9,17H,1,10-12H2,(H2,22,26). The van der Waals surface area contributed by atoms with Gasteiger partial charge in [-0.05, 0) is 41.0 Å². The van der Waals surface area contributed by atoms with Crippen molar-refractivity contribution in [2.24, 2.45) is 5.73 Å². The lowest BCUT2D eigenvalue weighted by atomic mass is 9.99. The number of rotatable bonds is 4. The SMILES string of the molecule is C=CC(=O)N1CC(N2Cc3ccc(-c4ccc(C(N)=O)cc4)cc3C2=O)C1. The fourth-order valence-electron chi connectivity index (χ4n) is 3.59. The predicted molar refractivity (Wildman–Crippen MR) is 101 cm³/mol. The molecule has 0 radical (unpaired) electrons. The van der Waals surface area contributed by atoms with Gasteiger partial charge in [0.1, 0.15) is 0 Å². The van der Waals surface area contributed by atoms with Crippen LogP contribution in [-0.2, 0) is 11.3 Å². The van der Waals surface area contributed by atoms with Crippen LogP contribution in [0.5, 0.6) is 0 Å². The molecule has 2 aromatic carbocycles. The molecule has 2 aromatic rings. The van der Waals surface area contributed by atoms with E-state index in [4.69, 9.17) is 5.73 Å². The molecule has 2 heterocycles. The summed E-state index contributed by atoms with van der Waals surface area (Å²) in [6.45, 7) is 5.15. The monoisotopic (exact) mass is 361 g/mol. The molecule has 0 aromatic heterocycles. The van der Waals surface area contributed by atoms with Crippen molar-refractivity contribution in [2.45, 2.75) is 12.6 Å². The lowest BCUT2D eigenvalue weighted by molar-refractivity contribution is -0.132. The summed E-state index contributed by atoms with van der Waals surface area (Å²) in [7, 11) is 0. The van der Waals surface area contributed by atoms with Gasteiger partial charge in [-0.15, -0.1) is 0 Å². The number of likely N-dealkylation sites (tertiary alicyclic amines) is 1. The number of nitrogens with two attached hydrogens (primary N) is 1. The van der Waals surface area contributed by atoms with Crippen molar-refractivity contribution in [3.63, 3.8) is 0 Å². The molecular formula is C21H19N3O3. The third kappa shape index (κ3) is 2.89. The van der Waals surface area contributed by atoms with E-state index in [9.17, 15) is 14.4 Å². The van der Waals surface area contributed by atoms with Crippen molar-refractivity contribution in [1.82, 2.24) is 9.80 Å². The van der Waals surface area contributed by atoms with Gasteiger partial charge in [-0.25, -0.2) is 0 Å². The molecular weight excluding hydrogens is 342 g/mol. The van der Waals surface area contributed by atoms with Gasteiger partial charge in [-0.2, -0.15) is 0 Å². The highest BCUT2D eigenvalue weighted by molar-refractivity contribution is 6.00. The Balaban J connectivity index is 1.52. The second-order valence-corrected chi connectivity index (χ2v) is 6.85. The molecule has 4 rings (SSSR count). The minimum atomic E-state index is -0.467. The number of carbonyl (C=O) groups is 3. The Labute approximate surface area is 156 Å². The average Bonchev–Trinajstić information content (AvgIpc) is 2.96. The lowest BCUT2D eigenvalue weighted by Gasteiger charge is -2.43. The highest BCUT2D eigenvalue weighted by atomic mass is 16.2. The number of hydrogen-bond acceptors (Lipinski definition) is 3. The molecule has 2 N–H and O–H groups in total. The quantitative estimate of drug-likeness (QED) is 0.843. The minimum absolute atomic E-state index is 0.00342. The number of primary amides is 1. The van der Waals surface area contributed by atoms with Gasteiger partial charge in [-0.3, -0.25) is 14.4 Å². The molecule has 0 unspecified atom stereocenters. The topological polar surface area (TPSA) is 83.7 Å². The van der Waals surface area contributed by atoms with E-state index in [0.29, 0.717) is 30.8 Å². The minimum Gasteiger partial charge on any atom is -0.366 e. The zero-order valence-electron chi connectivity index (χ0n) is 14.7. The summed E-state index contributed by atoms with van der Waals surface area (Å²) in [6.07, 6.45) is 1.30. The molecule has 0 aliphatic carbocycles. The summed E-state index contributed by atoms with van der Waals surface area (Å²) in [5, 5.41) is 0. The number of hydrogen-bond donors (Lipinski definition) is 1. The van der Waals surface area contributed by atoms with Crippen molar-refractivity contribution < 1.29 is 14.4 Å². The maximum atomic E-state index is 12.8. The van der Waals surface area contributed by atoms with Crippen LogP contribution in [0.15, 0.2) is 55.1 Å². The molecule has 2 aliphatic rings. The Bertz CT molecular complexity index is 959. The number of amides is 3. The highest BCUT2D eigenvalue weighted by Crippen LogP contribution is 2.31. The van der Waals surface area contributed by atoms with E-state index in [2.05, 4.69) is 6.58 Å². The first-order valence-electron chi connectivity index (χ1n) is 8.73. The second-order valence-electron chi connectivity index (χ2n) is 6.85.